The maximum absolute atomic E-state index is 12.4. The molecule has 8 heteroatoms. The van der Waals surface area contributed by atoms with Crippen LogP contribution in [0.25, 0.3) is 0 Å². The largest absolute Gasteiger partial charge is 0.367 e. The summed E-state index contributed by atoms with van der Waals surface area (Å²) in [4.78, 5) is 18.5. The Hall–Kier alpha value is -2.22. The molecule has 0 saturated carbocycles. The van der Waals surface area contributed by atoms with E-state index in [1.165, 1.54) is 0 Å². The average Bonchev–Trinajstić information content (AvgIpc) is 3.15. The number of ether oxygens (including phenoxy) is 1. The van der Waals surface area contributed by atoms with Crippen LogP contribution in [0.15, 0.2) is 10.6 Å². The molecule has 1 aliphatic heterocycles. The third-order valence-corrected chi connectivity index (χ3v) is 3.54. The molecule has 22 heavy (non-hydrogen) atoms. The van der Waals surface area contributed by atoms with Gasteiger partial charge in [-0.25, -0.2) is 4.98 Å². The molecule has 0 aliphatic carbocycles. The molecule has 1 saturated heterocycles. The van der Waals surface area contributed by atoms with Gasteiger partial charge in [0.15, 0.2) is 17.3 Å². The van der Waals surface area contributed by atoms with Crippen molar-refractivity contribution in [1.29, 1.82) is 0 Å². The van der Waals surface area contributed by atoms with Crippen LogP contribution < -0.4 is 0 Å². The Bertz CT molecular complexity index is 663. The Morgan fingerprint density at radius 1 is 1.50 bits per heavy atom. The van der Waals surface area contributed by atoms with E-state index in [0.29, 0.717) is 37.0 Å². The van der Waals surface area contributed by atoms with Crippen molar-refractivity contribution in [1.82, 2.24) is 25.2 Å². The van der Waals surface area contributed by atoms with Crippen molar-refractivity contribution in [2.75, 3.05) is 19.7 Å². The molecule has 0 bridgehead atoms. The SMILES string of the molecule is Cc1cc(C(=O)N2CCO[C@@H](c3nc(C(C)C)n[nH]3)C2)no1. The van der Waals surface area contributed by atoms with E-state index >= 15 is 0 Å². The molecule has 8 nitrogen and oxygen atoms in total. The van der Waals surface area contributed by atoms with Gasteiger partial charge in [-0.1, -0.05) is 19.0 Å². The van der Waals surface area contributed by atoms with Gasteiger partial charge in [0.2, 0.25) is 0 Å². The van der Waals surface area contributed by atoms with Gasteiger partial charge < -0.3 is 14.2 Å². The molecule has 118 valence electrons. The van der Waals surface area contributed by atoms with Crippen molar-refractivity contribution < 1.29 is 14.1 Å². The lowest BCUT2D eigenvalue weighted by Crippen LogP contribution is -2.42. The van der Waals surface area contributed by atoms with Crippen molar-refractivity contribution in [3.05, 3.63) is 29.2 Å². The number of nitrogens with one attached hydrogen (secondary N) is 1. The molecule has 1 atom stereocenters. The molecule has 0 radical (unpaired) electrons. The number of hydrogen-bond acceptors (Lipinski definition) is 6. The minimum absolute atomic E-state index is 0.159. The van der Waals surface area contributed by atoms with Crippen LogP contribution in [-0.2, 0) is 4.74 Å². The number of carbonyl (C=O) groups is 1. The van der Waals surface area contributed by atoms with E-state index in [1.807, 2.05) is 13.8 Å². The van der Waals surface area contributed by atoms with Crippen LogP contribution in [0.4, 0.5) is 0 Å². The van der Waals surface area contributed by atoms with E-state index in [2.05, 4.69) is 20.3 Å². The summed E-state index contributed by atoms with van der Waals surface area (Å²) in [6.45, 7) is 7.19. The highest BCUT2D eigenvalue weighted by molar-refractivity contribution is 5.92. The predicted molar refractivity (Wildman–Crippen MR) is 76.3 cm³/mol. The zero-order valence-corrected chi connectivity index (χ0v) is 12.9. The average molecular weight is 305 g/mol. The van der Waals surface area contributed by atoms with Gasteiger partial charge in [0.25, 0.3) is 5.91 Å². The molecular weight excluding hydrogens is 286 g/mol. The second-order valence-electron chi connectivity index (χ2n) is 5.67. The van der Waals surface area contributed by atoms with Crippen LogP contribution in [0.5, 0.6) is 0 Å². The number of nitrogens with zero attached hydrogens (tertiary/aromatic N) is 4. The van der Waals surface area contributed by atoms with E-state index < -0.39 is 0 Å². The van der Waals surface area contributed by atoms with Gasteiger partial charge >= 0.3 is 0 Å². The standard InChI is InChI=1S/C14H19N5O3/c1-8(2)12-15-13(17-16-12)11-7-19(4-5-21-11)14(20)10-6-9(3)22-18-10/h6,8,11H,4-5,7H2,1-3H3,(H,15,16,17)/t11-/m1/s1. The van der Waals surface area contributed by atoms with E-state index in [0.717, 1.165) is 5.82 Å². The fourth-order valence-corrected chi connectivity index (χ4v) is 2.32. The summed E-state index contributed by atoms with van der Waals surface area (Å²) in [6, 6.07) is 1.64. The number of amides is 1. The summed E-state index contributed by atoms with van der Waals surface area (Å²) < 4.78 is 10.7. The predicted octanol–water partition coefficient (Wildman–Crippen LogP) is 1.44. The third-order valence-electron chi connectivity index (χ3n) is 3.54. The summed E-state index contributed by atoms with van der Waals surface area (Å²) in [6.07, 6.45) is -0.300. The van der Waals surface area contributed by atoms with Gasteiger partial charge in [0, 0.05) is 18.5 Å². The van der Waals surface area contributed by atoms with Crippen molar-refractivity contribution in [3.63, 3.8) is 0 Å². The fourth-order valence-electron chi connectivity index (χ4n) is 2.32. The monoisotopic (exact) mass is 305 g/mol. The lowest BCUT2D eigenvalue weighted by Gasteiger charge is -2.31. The lowest BCUT2D eigenvalue weighted by molar-refractivity contribution is -0.0269. The number of aromatic amines is 1. The first-order chi connectivity index (χ1) is 10.5. The smallest absolute Gasteiger partial charge is 0.276 e. The van der Waals surface area contributed by atoms with Crippen molar-refractivity contribution in [2.45, 2.75) is 32.8 Å². The first-order valence-corrected chi connectivity index (χ1v) is 7.31. The summed E-state index contributed by atoms with van der Waals surface area (Å²) in [5.41, 5.74) is 0.318. The topological polar surface area (TPSA) is 97.1 Å². The second-order valence-corrected chi connectivity index (χ2v) is 5.67. The molecular formula is C14H19N5O3. The number of carbonyl (C=O) groups excluding carboxylic acids is 1. The zero-order chi connectivity index (χ0) is 15.7. The van der Waals surface area contributed by atoms with E-state index in [-0.39, 0.29) is 17.9 Å². The number of rotatable bonds is 3. The van der Waals surface area contributed by atoms with E-state index in [1.54, 1.807) is 17.9 Å². The number of aromatic nitrogens is 4. The van der Waals surface area contributed by atoms with Gasteiger partial charge in [0.1, 0.15) is 11.9 Å². The van der Waals surface area contributed by atoms with Gasteiger partial charge in [-0.2, -0.15) is 5.10 Å². The number of aryl methyl sites for hydroxylation is 1. The number of H-pyrrole nitrogens is 1. The second kappa shape index (κ2) is 5.88. The zero-order valence-electron chi connectivity index (χ0n) is 12.9. The van der Waals surface area contributed by atoms with Crippen molar-refractivity contribution >= 4 is 5.91 Å². The Morgan fingerprint density at radius 2 is 2.32 bits per heavy atom. The Labute approximate surface area is 127 Å². The minimum Gasteiger partial charge on any atom is -0.367 e. The maximum Gasteiger partial charge on any atom is 0.276 e. The van der Waals surface area contributed by atoms with Crippen LogP contribution in [0, 0.1) is 6.92 Å². The van der Waals surface area contributed by atoms with Crippen LogP contribution in [-0.4, -0.2) is 50.8 Å². The van der Waals surface area contributed by atoms with Gasteiger partial charge in [-0.3, -0.25) is 9.89 Å². The molecule has 2 aromatic rings. The Kier molecular flexibility index (Phi) is 3.93. The summed E-state index contributed by atoms with van der Waals surface area (Å²) in [7, 11) is 0. The molecule has 1 aliphatic rings. The first-order valence-electron chi connectivity index (χ1n) is 7.31. The summed E-state index contributed by atoms with van der Waals surface area (Å²) >= 11 is 0. The maximum atomic E-state index is 12.4. The molecule has 0 unspecified atom stereocenters. The van der Waals surface area contributed by atoms with Gasteiger partial charge in [0.05, 0.1) is 13.2 Å². The molecule has 1 fully saturated rings. The van der Waals surface area contributed by atoms with Crippen LogP contribution in [0.3, 0.4) is 0 Å². The van der Waals surface area contributed by atoms with Crippen molar-refractivity contribution in [2.24, 2.45) is 0 Å². The third kappa shape index (κ3) is 2.87. The molecule has 0 spiro atoms. The van der Waals surface area contributed by atoms with Crippen LogP contribution in [0.2, 0.25) is 0 Å². The molecule has 3 heterocycles. The van der Waals surface area contributed by atoms with E-state index in [4.69, 9.17) is 9.26 Å². The highest BCUT2D eigenvalue weighted by Crippen LogP contribution is 2.21. The molecule has 1 amide bonds. The Balaban J connectivity index is 1.72. The number of morpholine rings is 1. The molecule has 3 rings (SSSR count). The Morgan fingerprint density at radius 3 is 2.95 bits per heavy atom. The van der Waals surface area contributed by atoms with E-state index in [9.17, 15) is 4.79 Å². The number of hydrogen-bond donors (Lipinski definition) is 1. The normalized spacial score (nSPS) is 18.9. The molecule has 2 aromatic heterocycles. The summed E-state index contributed by atoms with van der Waals surface area (Å²) in [5, 5.41) is 10.9. The quantitative estimate of drug-likeness (QED) is 0.921. The molecule has 1 N–H and O–H groups in total. The van der Waals surface area contributed by atoms with Crippen molar-refractivity contribution in [3.8, 4) is 0 Å². The minimum atomic E-state index is -0.300. The highest BCUT2D eigenvalue weighted by atomic mass is 16.5. The highest BCUT2D eigenvalue weighted by Gasteiger charge is 2.29. The van der Waals surface area contributed by atoms with Crippen LogP contribution >= 0.6 is 0 Å². The summed E-state index contributed by atoms with van der Waals surface area (Å²) in [5.74, 6) is 2.09. The van der Waals surface area contributed by atoms with Gasteiger partial charge in [-0.05, 0) is 6.92 Å². The lowest BCUT2D eigenvalue weighted by atomic mass is 10.2. The fraction of sp³-hybridized carbons (Fsp3) is 0.571. The van der Waals surface area contributed by atoms with Crippen LogP contribution in [0.1, 0.15) is 53.8 Å². The molecule has 0 aromatic carbocycles. The van der Waals surface area contributed by atoms with Gasteiger partial charge in [-0.15, -0.1) is 0 Å². The first kappa shape index (κ1) is 14.7.